The van der Waals surface area contributed by atoms with Gasteiger partial charge in [0, 0.05) is 53.0 Å². The number of benzene rings is 3. The summed E-state index contributed by atoms with van der Waals surface area (Å²) in [5, 5.41) is 18.8. The molecular weight excluding hydrogens is 546 g/mol. The van der Waals surface area contributed by atoms with Crippen LogP contribution in [0.15, 0.2) is 91.3 Å². The topological polar surface area (TPSA) is 103 Å². The average Bonchev–Trinajstić information content (AvgIpc) is 3.79. The van der Waals surface area contributed by atoms with Crippen LogP contribution in [-0.2, 0) is 30.6 Å². The average molecular weight is 586 g/mol. The first-order chi connectivity index (χ1) is 21.7. The Labute approximate surface area is 257 Å². The van der Waals surface area contributed by atoms with Gasteiger partial charge >= 0.3 is 0 Å². The second-order valence-electron chi connectivity index (χ2n) is 11.9. The fraction of sp³-hybridized carbons (Fsp3) is 0.306. The second-order valence-corrected chi connectivity index (χ2v) is 11.9. The Balaban J connectivity index is 1.20. The van der Waals surface area contributed by atoms with Crippen LogP contribution in [0, 0.1) is 5.92 Å². The van der Waals surface area contributed by atoms with Crippen LogP contribution in [-0.4, -0.2) is 43.7 Å². The number of carbonyl (C=O) groups is 1. The summed E-state index contributed by atoms with van der Waals surface area (Å²) in [6, 6.07) is 26.9. The van der Waals surface area contributed by atoms with E-state index in [-0.39, 0.29) is 17.9 Å². The molecule has 0 unspecified atom stereocenters. The molecule has 1 amide bonds. The van der Waals surface area contributed by atoms with E-state index in [1.807, 2.05) is 12.1 Å². The van der Waals surface area contributed by atoms with Gasteiger partial charge in [-0.15, -0.1) is 10.2 Å². The Morgan fingerprint density at radius 3 is 2.23 bits per heavy atom. The number of H-pyrrole nitrogens is 2. The number of hydrogen-bond donors (Lipinski definition) is 4. The van der Waals surface area contributed by atoms with Gasteiger partial charge in [-0.3, -0.25) is 4.79 Å². The van der Waals surface area contributed by atoms with E-state index in [9.17, 15) is 4.79 Å². The molecule has 0 bridgehead atoms. The predicted octanol–water partition coefficient (Wildman–Crippen LogP) is 5.86. The molecule has 7 rings (SSSR count). The Hall–Kier alpha value is -4.69. The van der Waals surface area contributed by atoms with Gasteiger partial charge < -0.3 is 25.2 Å². The van der Waals surface area contributed by atoms with E-state index in [1.54, 1.807) is 0 Å². The molecule has 0 aliphatic carbocycles. The third-order valence-electron chi connectivity index (χ3n) is 9.00. The highest BCUT2D eigenvalue weighted by Crippen LogP contribution is 2.27. The standard InChI is InChI=1S/C36H39N7O/c44-36(26-17-19-37-20-18-26)40-33(21-28-23-39-32-15-7-5-13-30(28)32)35-42-41-34(43(35)24-25-9-2-1-3-10-25)16-8-11-27-22-38-31-14-6-4-12-29(27)31/h1-7,9-10,12-15,22-23,26,33,37-39H,8,11,16-21,24H2,(H,40,44)/t33-/m1/s1. The van der Waals surface area contributed by atoms with Crippen LogP contribution in [0.1, 0.15) is 53.6 Å². The number of nitrogens with zero attached hydrogens (tertiary/aromatic N) is 3. The molecule has 4 heterocycles. The lowest BCUT2D eigenvalue weighted by Crippen LogP contribution is -2.41. The van der Waals surface area contributed by atoms with Gasteiger partial charge in [-0.1, -0.05) is 66.7 Å². The molecule has 0 saturated carbocycles. The molecule has 4 N–H and O–H groups in total. The maximum atomic E-state index is 13.7. The summed E-state index contributed by atoms with van der Waals surface area (Å²) >= 11 is 0. The molecule has 1 saturated heterocycles. The van der Waals surface area contributed by atoms with Crippen LogP contribution >= 0.6 is 0 Å². The van der Waals surface area contributed by atoms with Crippen molar-refractivity contribution in [2.45, 2.75) is 51.1 Å². The van der Waals surface area contributed by atoms with E-state index in [4.69, 9.17) is 10.2 Å². The van der Waals surface area contributed by atoms with Crippen LogP contribution < -0.4 is 10.6 Å². The number of hydrogen-bond acceptors (Lipinski definition) is 4. The first-order valence-electron chi connectivity index (χ1n) is 15.8. The van der Waals surface area contributed by atoms with Crippen molar-refractivity contribution in [3.63, 3.8) is 0 Å². The van der Waals surface area contributed by atoms with Crippen LogP contribution in [0.5, 0.6) is 0 Å². The largest absolute Gasteiger partial charge is 0.361 e. The Morgan fingerprint density at radius 2 is 1.48 bits per heavy atom. The molecule has 8 nitrogen and oxygen atoms in total. The Morgan fingerprint density at radius 1 is 0.818 bits per heavy atom. The van der Waals surface area contributed by atoms with E-state index < -0.39 is 0 Å². The van der Waals surface area contributed by atoms with E-state index in [2.05, 4.69) is 104 Å². The zero-order valence-electron chi connectivity index (χ0n) is 24.9. The highest BCUT2D eigenvalue weighted by atomic mass is 16.2. The fourth-order valence-corrected chi connectivity index (χ4v) is 6.61. The molecule has 3 aromatic carbocycles. The monoisotopic (exact) mass is 585 g/mol. The van der Waals surface area contributed by atoms with Crippen molar-refractivity contribution in [1.82, 2.24) is 35.4 Å². The van der Waals surface area contributed by atoms with E-state index >= 15 is 0 Å². The van der Waals surface area contributed by atoms with Crippen molar-refractivity contribution in [3.8, 4) is 0 Å². The SMILES string of the molecule is O=C(N[C@H](Cc1c[nH]c2ccccc12)c1nnc(CCCc2c[nH]c3ccccc23)n1Cc1ccccc1)C1CCNCC1. The highest BCUT2D eigenvalue weighted by Gasteiger charge is 2.28. The smallest absolute Gasteiger partial charge is 0.223 e. The molecule has 44 heavy (non-hydrogen) atoms. The van der Waals surface area contributed by atoms with Gasteiger partial charge in [0.15, 0.2) is 5.82 Å². The number of para-hydroxylation sites is 2. The van der Waals surface area contributed by atoms with Crippen LogP contribution in [0.3, 0.4) is 0 Å². The number of fused-ring (bicyclic) bond motifs is 2. The van der Waals surface area contributed by atoms with Crippen molar-refractivity contribution in [1.29, 1.82) is 0 Å². The number of aromatic nitrogens is 5. The van der Waals surface area contributed by atoms with Crippen LogP contribution in [0.2, 0.25) is 0 Å². The minimum absolute atomic E-state index is 0.00265. The first kappa shape index (κ1) is 28.1. The third-order valence-corrected chi connectivity index (χ3v) is 9.00. The molecule has 1 atom stereocenters. The lowest BCUT2D eigenvalue weighted by Gasteiger charge is -2.26. The van der Waals surface area contributed by atoms with Crippen LogP contribution in [0.25, 0.3) is 21.8 Å². The van der Waals surface area contributed by atoms with Gasteiger partial charge in [0.1, 0.15) is 5.82 Å². The lowest BCUT2D eigenvalue weighted by molar-refractivity contribution is -0.126. The maximum absolute atomic E-state index is 13.7. The molecule has 3 aromatic heterocycles. The van der Waals surface area contributed by atoms with Crippen molar-refractivity contribution in [2.24, 2.45) is 5.92 Å². The lowest BCUT2D eigenvalue weighted by atomic mass is 9.96. The first-order valence-corrected chi connectivity index (χ1v) is 15.8. The summed E-state index contributed by atoms with van der Waals surface area (Å²) in [4.78, 5) is 20.5. The summed E-state index contributed by atoms with van der Waals surface area (Å²) in [5.41, 5.74) is 5.92. The van der Waals surface area contributed by atoms with Gasteiger partial charge in [0.25, 0.3) is 0 Å². The summed E-state index contributed by atoms with van der Waals surface area (Å²) in [5.74, 6) is 1.86. The summed E-state index contributed by atoms with van der Waals surface area (Å²) in [7, 11) is 0. The van der Waals surface area contributed by atoms with E-state index in [0.717, 1.165) is 67.9 Å². The number of rotatable bonds is 11. The maximum Gasteiger partial charge on any atom is 0.223 e. The second kappa shape index (κ2) is 12.9. The molecule has 1 aliphatic heterocycles. The molecule has 1 fully saturated rings. The van der Waals surface area contributed by atoms with Crippen molar-refractivity contribution in [2.75, 3.05) is 13.1 Å². The zero-order chi connectivity index (χ0) is 29.7. The normalized spacial score (nSPS) is 14.7. The third kappa shape index (κ3) is 6.03. The van der Waals surface area contributed by atoms with Gasteiger partial charge in [0.05, 0.1) is 12.6 Å². The zero-order valence-corrected chi connectivity index (χ0v) is 24.9. The number of aryl methyl sites for hydroxylation is 2. The number of piperidine rings is 1. The quantitative estimate of drug-likeness (QED) is 0.153. The minimum atomic E-state index is -0.310. The van der Waals surface area contributed by atoms with Gasteiger partial charge in [-0.05, 0) is 67.6 Å². The fourth-order valence-electron chi connectivity index (χ4n) is 6.61. The van der Waals surface area contributed by atoms with Crippen molar-refractivity contribution >= 4 is 27.7 Å². The summed E-state index contributed by atoms with van der Waals surface area (Å²) in [6.07, 6.45) is 9.20. The molecule has 224 valence electrons. The summed E-state index contributed by atoms with van der Waals surface area (Å²) < 4.78 is 2.24. The number of aromatic amines is 2. The molecule has 1 aliphatic rings. The molecular formula is C36H39N7O. The molecule has 0 spiro atoms. The van der Waals surface area contributed by atoms with Crippen molar-refractivity contribution < 1.29 is 4.79 Å². The van der Waals surface area contributed by atoms with Crippen molar-refractivity contribution in [3.05, 3.63) is 120 Å². The van der Waals surface area contributed by atoms with Gasteiger partial charge in [-0.2, -0.15) is 0 Å². The number of carbonyl (C=O) groups excluding carboxylic acids is 1. The van der Waals surface area contributed by atoms with E-state index in [0.29, 0.717) is 13.0 Å². The number of nitrogens with one attached hydrogen (secondary N) is 4. The molecule has 0 radical (unpaired) electrons. The summed E-state index contributed by atoms with van der Waals surface area (Å²) in [6.45, 7) is 2.39. The predicted molar refractivity (Wildman–Crippen MR) is 174 cm³/mol. The van der Waals surface area contributed by atoms with E-state index in [1.165, 1.54) is 27.4 Å². The van der Waals surface area contributed by atoms with Gasteiger partial charge in [-0.25, -0.2) is 0 Å². The Bertz CT molecular complexity index is 1840. The molecule has 6 aromatic rings. The number of amides is 1. The Kier molecular flexibility index (Phi) is 8.24. The minimum Gasteiger partial charge on any atom is -0.361 e. The van der Waals surface area contributed by atoms with Crippen LogP contribution in [0.4, 0.5) is 0 Å². The van der Waals surface area contributed by atoms with Gasteiger partial charge in [0.2, 0.25) is 5.91 Å². The molecule has 8 heteroatoms. The highest BCUT2D eigenvalue weighted by molar-refractivity contribution is 5.84.